The first-order valence-corrected chi connectivity index (χ1v) is 7.46. The average Bonchev–Trinajstić information content (AvgIpc) is 2.36. The number of nitrogens with two attached hydrogens (primary N) is 1. The molecule has 0 bridgehead atoms. The number of sulfonamides is 1. The van der Waals surface area contributed by atoms with Gasteiger partial charge in [-0.2, -0.15) is 5.26 Å². The van der Waals surface area contributed by atoms with Crippen LogP contribution in [0.2, 0.25) is 5.02 Å². The van der Waals surface area contributed by atoms with Crippen molar-refractivity contribution in [3.8, 4) is 6.07 Å². The van der Waals surface area contributed by atoms with Crippen molar-refractivity contribution >= 4 is 33.0 Å². The molecule has 0 atom stereocenters. The number of nitrogen functional groups attached to an aromatic ring is 1. The molecule has 0 saturated carbocycles. The van der Waals surface area contributed by atoms with E-state index < -0.39 is 15.8 Å². The van der Waals surface area contributed by atoms with Crippen LogP contribution in [0.1, 0.15) is 5.56 Å². The fourth-order valence-corrected chi connectivity index (χ4v) is 2.99. The molecule has 0 spiro atoms. The van der Waals surface area contributed by atoms with Crippen molar-refractivity contribution in [3.05, 3.63) is 52.8 Å². The van der Waals surface area contributed by atoms with Crippen LogP contribution in [0.4, 0.5) is 15.8 Å². The molecule has 2 rings (SSSR count). The molecule has 0 fully saturated rings. The van der Waals surface area contributed by atoms with E-state index in [1.54, 1.807) is 0 Å². The zero-order valence-corrected chi connectivity index (χ0v) is 12.0. The van der Waals surface area contributed by atoms with E-state index in [-0.39, 0.29) is 26.9 Å². The first-order chi connectivity index (χ1) is 9.81. The van der Waals surface area contributed by atoms with Crippen molar-refractivity contribution in [1.82, 2.24) is 0 Å². The molecule has 5 nitrogen and oxygen atoms in total. The molecule has 0 aromatic heterocycles. The van der Waals surface area contributed by atoms with Crippen LogP contribution in [-0.2, 0) is 10.0 Å². The number of rotatable bonds is 3. The van der Waals surface area contributed by atoms with Gasteiger partial charge >= 0.3 is 0 Å². The molecule has 0 aliphatic rings. The second kappa shape index (κ2) is 5.60. The summed E-state index contributed by atoms with van der Waals surface area (Å²) in [6.07, 6.45) is 0. The van der Waals surface area contributed by atoms with Gasteiger partial charge in [0.05, 0.1) is 21.2 Å². The molecule has 0 aliphatic carbocycles. The van der Waals surface area contributed by atoms with Crippen LogP contribution in [0.25, 0.3) is 0 Å². The Labute approximate surface area is 125 Å². The Hall–Kier alpha value is -2.30. The third-order valence-electron chi connectivity index (χ3n) is 2.54. The fraction of sp³-hybridized carbons (Fsp3) is 0. The molecule has 0 heterocycles. The summed E-state index contributed by atoms with van der Waals surface area (Å²) in [7, 11) is -3.96. The SMILES string of the molecule is N#Cc1ccc(S(=O)(=O)Nc2cc(N)cc(F)c2)cc1Cl. The maximum absolute atomic E-state index is 13.2. The number of nitrogens with zero attached hydrogens (tertiary/aromatic N) is 1. The van der Waals surface area contributed by atoms with Crippen LogP contribution in [-0.4, -0.2) is 8.42 Å². The molecule has 21 heavy (non-hydrogen) atoms. The van der Waals surface area contributed by atoms with Crippen LogP contribution >= 0.6 is 11.6 Å². The smallest absolute Gasteiger partial charge is 0.261 e. The zero-order valence-electron chi connectivity index (χ0n) is 10.5. The predicted molar refractivity (Wildman–Crippen MR) is 77.8 cm³/mol. The normalized spacial score (nSPS) is 10.9. The van der Waals surface area contributed by atoms with Gasteiger partial charge in [0.1, 0.15) is 11.9 Å². The molecule has 108 valence electrons. The van der Waals surface area contributed by atoms with Gasteiger partial charge in [-0.05, 0) is 36.4 Å². The summed E-state index contributed by atoms with van der Waals surface area (Å²) in [6, 6.07) is 8.84. The van der Waals surface area contributed by atoms with Gasteiger partial charge in [0.2, 0.25) is 0 Å². The Morgan fingerprint density at radius 2 is 1.95 bits per heavy atom. The molecule has 2 aromatic carbocycles. The Morgan fingerprint density at radius 1 is 1.24 bits per heavy atom. The van der Waals surface area contributed by atoms with E-state index in [4.69, 9.17) is 22.6 Å². The third-order valence-corrected chi connectivity index (χ3v) is 4.24. The molecule has 0 saturated heterocycles. The van der Waals surface area contributed by atoms with Crippen LogP contribution in [0.5, 0.6) is 0 Å². The van der Waals surface area contributed by atoms with Gasteiger partial charge in [0.25, 0.3) is 10.0 Å². The van der Waals surface area contributed by atoms with Gasteiger partial charge in [0.15, 0.2) is 0 Å². The number of hydrogen-bond acceptors (Lipinski definition) is 4. The Bertz CT molecular complexity index is 827. The van der Waals surface area contributed by atoms with Crippen LogP contribution in [0.3, 0.4) is 0 Å². The molecule has 0 amide bonds. The lowest BCUT2D eigenvalue weighted by Crippen LogP contribution is -2.13. The zero-order chi connectivity index (χ0) is 15.6. The van der Waals surface area contributed by atoms with Crippen molar-refractivity contribution in [2.24, 2.45) is 0 Å². The third kappa shape index (κ3) is 3.42. The average molecular weight is 326 g/mol. The van der Waals surface area contributed by atoms with Crippen molar-refractivity contribution in [2.75, 3.05) is 10.5 Å². The second-order valence-corrected chi connectivity index (χ2v) is 6.22. The molecule has 8 heteroatoms. The van der Waals surface area contributed by atoms with E-state index in [2.05, 4.69) is 4.72 Å². The highest BCUT2D eigenvalue weighted by Crippen LogP contribution is 2.23. The first-order valence-electron chi connectivity index (χ1n) is 5.60. The summed E-state index contributed by atoms with van der Waals surface area (Å²) < 4.78 is 39.7. The Kier molecular flexibility index (Phi) is 4.02. The van der Waals surface area contributed by atoms with E-state index in [0.717, 1.165) is 18.2 Å². The second-order valence-electron chi connectivity index (χ2n) is 4.13. The lowest BCUT2D eigenvalue weighted by molar-refractivity contribution is 0.601. The molecule has 0 radical (unpaired) electrons. The van der Waals surface area contributed by atoms with E-state index in [9.17, 15) is 12.8 Å². The van der Waals surface area contributed by atoms with E-state index in [1.807, 2.05) is 6.07 Å². The molecule has 0 aliphatic heterocycles. The largest absolute Gasteiger partial charge is 0.399 e. The minimum absolute atomic E-state index is 0.00650. The topological polar surface area (TPSA) is 96.0 Å². The van der Waals surface area contributed by atoms with Gasteiger partial charge in [-0.3, -0.25) is 4.72 Å². The monoisotopic (exact) mass is 325 g/mol. The maximum Gasteiger partial charge on any atom is 0.261 e. The standard InChI is InChI=1S/C13H9ClFN3O2S/c14-13-6-12(2-1-8(13)7-16)21(19,20)18-11-4-9(15)3-10(17)5-11/h1-6,18H,17H2. The summed E-state index contributed by atoms with van der Waals surface area (Å²) in [5, 5.41) is 8.77. The fourth-order valence-electron chi connectivity index (χ4n) is 1.64. The van der Waals surface area contributed by atoms with Gasteiger partial charge < -0.3 is 5.73 Å². The molecule has 0 unspecified atom stereocenters. The first kappa shape index (κ1) is 15.1. The lowest BCUT2D eigenvalue weighted by atomic mass is 10.2. The van der Waals surface area contributed by atoms with Gasteiger partial charge in [-0.1, -0.05) is 11.6 Å². The summed E-state index contributed by atoms with van der Waals surface area (Å²) in [5.41, 5.74) is 5.69. The number of nitriles is 1. The van der Waals surface area contributed by atoms with E-state index in [0.29, 0.717) is 0 Å². The minimum atomic E-state index is -3.96. The number of benzene rings is 2. The van der Waals surface area contributed by atoms with Crippen molar-refractivity contribution in [2.45, 2.75) is 4.90 Å². The predicted octanol–water partition coefficient (Wildman–Crippen LogP) is 2.73. The highest BCUT2D eigenvalue weighted by atomic mass is 35.5. The van der Waals surface area contributed by atoms with E-state index in [1.165, 1.54) is 18.2 Å². The molecule has 2 aromatic rings. The van der Waals surface area contributed by atoms with Gasteiger partial charge in [-0.15, -0.1) is 0 Å². The molecular weight excluding hydrogens is 317 g/mol. The minimum Gasteiger partial charge on any atom is -0.399 e. The quantitative estimate of drug-likeness (QED) is 0.848. The highest BCUT2D eigenvalue weighted by molar-refractivity contribution is 7.92. The summed E-state index contributed by atoms with van der Waals surface area (Å²) in [4.78, 5) is -0.144. The summed E-state index contributed by atoms with van der Waals surface area (Å²) in [6.45, 7) is 0. The van der Waals surface area contributed by atoms with Crippen LogP contribution in [0, 0.1) is 17.1 Å². The highest BCUT2D eigenvalue weighted by Gasteiger charge is 2.16. The van der Waals surface area contributed by atoms with Crippen LogP contribution < -0.4 is 10.5 Å². The summed E-state index contributed by atoms with van der Waals surface area (Å²) in [5.74, 6) is -0.662. The van der Waals surface area contributed by atoms with Crippen molar-refractivity contribution in [1.29, 1.82) is 5.26 Å². The van der Waals surface area contributed by atoms with Crippen molar-refractivity contribution in [3.63, 3.8) is 0 Å². The number of nitrogens with one attached hydrogen (secondary N) is 1. The summed E-state index contributed by atoms with van der Waals surface area (Å²) >= 11 is 5.79. The van der Waals surface area contributed by atoms with Gasteiger partial charge in [0, 0.05) is 5.69 Å². The lowest BCUT2D eigenvalue weighted by Gasteiger charge is -2.09. The Morgan fingerprint density at radius 3 is 2.52 bits per heavy atom. The number of anilines is 2. The van der Waals surface area contributed by atoms with Crippen LogP contribution in [0.15, 0.2) is 41.3 Å². The maximum atomic E-state index is 13.2. The van der Waals surface area contributed by atoms with E-state index >= 15 is 0 Å². The number of hydrogen-bond donors (Lipinski definition) is 2. The molecular formula is C13H9ClFN3O2S. The molecule has 3 N–H and O–H groups in total. The van der Waals surface area contributed by atoms with Crippen molar-refractivity contribution < 1.29 is 12.8 Å². The number of halogens is 2. The van der Waals surface area contributed by atoms with Gasteiger partial charge in [-0.25, -0.2) is 12.8 Å². The Balaban J connectivity index is 2.39.